The van der Waals surface area contributed by atoms with E-state index in [1.807, 2.05) is 30.3 Å². The van der Waals surface area contributed by atoms with E-state index >= 15 is 0 Å². The fraction of sp³-hybridized carbons (Fsp3) is 0.450. The number of benzene rings is 1. The molecule has 3 rings (SSSR count). The number of aryl methyl sites for hydroxylation is 1. The van der Waals surface area contributed by atoms with E-state index in [1.54, 1.807) is 7.05 Å². The third-order valence-corrected chi connectivity index (χ3v) is 5.07. The zero-order valence-corrected chi connectivity index (χ0v) is 15.6. The molecule has 1 aliphatic heterocycles. The number of nitrogens with zero attached hydrogens (tertiary/aromatic N) is 3. The number of nitrogens with one attached hydrogen (secondary N) is 1. The maximum atomic E-state index is 12.8. The number of carboxylic acids is 1. The molecule has 144 valence electrons. The molecule has 2 N–H and O–H groups in total. The summed E-state index contributed by atoms with van der Waals surface area (Å²) in [5, 5.41) is 16.3. The molecule has 0 bridgehead atoms. The van der Waals surface area contributed by atoms with Gasteiger partial charge in [-0.3, -0.25) is 9.48 Å². The van der Waals surface area contributed by atoms with Gasteiger partial charge in [0.25, 0.3) is 5.91 Å². The largest absolute Gasteiger partial charge is 0.478 e. The number of carboxylic acid groups (broad SMARTS) is 1. The van der Waals surface area contributed by atoms with Crippen molar-refractivity contribution in [2.75, 3.05) is 19.6 Å². The van der Waals surface area contributed by atoms with Crippen LogP contribution < -0.4 is 5.32 Å². The zero-order chi connectivity index (χ0) is 19.2. The highest BCUT2D eigenvalue weighted by molar-refractivity contribution is 6.03. The van der Waals surface area contributed by atoms with Crippen molar-refractivity contribution in [2.45, 2.75) is 31.7 Å². The Kier molecular flexibility index (Phi) is 6.24. The van der Waals surface area contributed by atoms with Crippen molar-refractivity contribution in [1.29, 1.82) is 0 Å². The predicted molar refractivity (Wildman–Crippen MR) is 102 cm³/mol. The molecular formula is C20H26N4O3. The molecule has 2 heterocycles. The van der Waals surface area contributed by atoms with E-state index in [-0.39, 0.29) is 17.3 Å². The molecule has 1 aromatic heterocycles. The number of hydrogen-bond acceptors (Lipinski definition) is 4. The van der Waals surface area contributed by atoms with Crippen LogP contribution in [0.5, 0.6) is 0 Å². The number of amides is 1. The van der Waals surface area contributed by atoms with Crippen LogP contribution in [-0.2, 0) is 7.05 Å². The lowest BCUT2D eigenvalue weighted by molar-refractivity contribution is 0.0689. The predicted octanol–water partition coefficient (Wildman–Crippen LogP) is 2.47. The Bertz CT molecular complexity index is 782. The van der Waals surface area contributed by atoms with E-state index in [2.05, 4.69) is 15.3 Å². The van der Waals surface area contributed by atoms with Gasteiger partial charge in [-0.2, -0.15) is 5.10 Å². The number of aromatic nitrogens is 2. The van der Waals surface area contributed by atoms with Gasteiger partial charge in [0.15, 0.2) is 0 Å². The highest BCUT2D eigenvalue weighted by Gasteiger charge is 2.25. The van der Waals surface area contributed by atoms with E-state index < -0.39 is 11.9 Å². The van der Waals surface area contributed by atoms with Gasteiger partial charge in [-0.1, -0.05) is 36.8 Å². The smallest absolute Gasteiger partial charge is 0.339 e. The second-order valence-corrected chi connectivity index (χ2v) is 6.96. The Balaban J connectivity index is 1.75. The number of carbonyl (C=O) groups excluding carboxylic acids is 1. The quantitative estimate of drug-likeness (QED) is 0.782. The first-order chi connectivity index (χ1) is 13.1. The first kappa shape index (κ1) is 19.1. The number of carbonyl (C=O) groups is 2. The summed E-state index contributed by atoms with van der Waals surface area (Å²) in [5.41, 5.74) is 1.00. The third kappa shape index (κ3) is 4.74. The van der Waals surface area contributed by atoms with Crippen molar-refractivity contribution < 1.29 is 14.7 Å². The minimum Gasteiger partial charge on any atom is -0.478 e. The molecule has 0 spiro atoms. The van der Waals surface area contributed by atoms with Crippen molar-refractivity contribution in [2.24, 2.45) is 7.05 Å². The molecule has 1 aliphatic rings. The zero-order valence-electron chi connectivity index (χ0n) is 15.6. The Morgan fingerprint density at radius 2 is 1.89 bits per heavy atom. The molecule has 0 aliphatic carbocycles. The SMILES string of the molecule is Cn1ncc(C(=O)O)c1C(=O)N[C@@H](CCN1CCCCC1)c1ccccc1. The molecule has 1 aromatic carbocycles. The van der Waals surface area contributed by atoms with Crippen molar-refractivity contribution in [3.63, 3.8) is 0 Å². The molecule has 27 heavy (non-hydrogen) atoms. The summed E-state index contributed by atoms with van der Waals surface area (Å²) in [6.07, 6.45) is 5.71. The summed E-state index contributed by atoms with van der Waals surface area (Å²) < 4.78 is 1.31. The standard InChI is InChI=1S/C20H26N4O3/c1-23-18(16(14-21-23)20(26)27)19(25)22-17(15-8-4-2-5-9-15)10-13-24-11-6-3-7-12-24/h2,4-5,8-9,14,17H,3,6-7,10-13H2,1H3,(H,22,25)(H,26,27)/t17-/m0/s1. The van der Waals surface area contributed by atoms with E-state index in [1.165, 1.54) is 30.1 Å². The van der Waals surface area contributed by atoms with Crippen LogP contribution in [0.3, 0.4) is 0 Å². The molecular weight excluding hydrogens is 344 g/mol. The summed E-state index contributed by atoms with van der Waals surface area (Å²) in [4.78, 5) is 26.7. The lowest BCUT2D eigenvalue weighted by Gasteiger charge is -2.28. The van der Waals surface area contributed by atoms with Crippen LogP contribution in [0.1, 0.15) is 58.1 Å². The molecule has 1 saturated heterocycles. The van der Waals surface area contributed by atoms with E-state index in [0.29, 0.717) is 0 Å². The second kappa shape index (κ2) is 8.81. The lowest BCUT2D eigenvalue weighted by Crippen LogP contribution is -2.36. The number of aromatic carboxylic acids is 1. The fourth-order valence-corrected chi connectivity index (χ4v) is 3.59. The number of hydrogen-bond donors (Lipinski definition) is 2. The summed E-state index contributed by atoms with van der Waals surface area (Å²) in [6, 6.07) is 9.63. The lowest BCUT2D eigenvalue weighted by atomic mass is 10.0. The first-order valence-corrected chi connectivity index (χ1v) is 9.39. The van der Waals surface area contributed by atoms with Crippen molar-refractivity contribution in [3.8, 4) is 0 Å². The van der Waals surface area contributed by atoms with E-state index in [0.717, 1.165) is 31.6 Å². The van der Waals surface area contributed by atoms with Crippen molar-refractivity contribution >= 4 is 11.9 Å². The summed E-state index contributed by atoms with van der Waals surface area (Å²) >= 11 is 0. The summed E-state index contributed by atoms with van der Waals surface area (Å²) in [7, 11) is 1.58. The van der Waals surface area contributed by atoms with Gasteiger partial charge in [-0.05, 0) is 37.9 Å². The number of likely N-dealkylation sites (tertiary alicyclic amines) is 1. The monoisotopic (exact) mass is 370 g/mol. The summed E-state index contributed by atoms with van der Waals surface area (Å²) in [6.45, 7) is 3.09. The van der Waals surface area contributed by atoms with Gasteiger partial charge in [0, 0.05) is 13.6 Å². The normalized spacial score (nSPS) is 16.0. The summed E-state index contributed by atoms with van der Waals surface area (Å²) in [5.74, 6) is -1.57. The Hall–Kier alpha value is -2.67. The van der Waals surface area contributed by atoms with Gasteiger partial charge in [0.1, 0.15) is 11.3 Å². The molecule has 1 amide bonds. The Labute approximate surface area is 159 Å². The van der Waals surface area contributed by atoms with E-state index in [4.69, 9.17) is 0 Å². The van der Waals surface area contributed by atoms with E-state index in [9.17, 15) is 14.7 Å². The van der Waals surface area contributed by atoms with Gasteiger partial charge in [-0.15, -0.1) is 0 Å². The highest BCUT2D eigenvalue weighted by Crippen LogP contribution is 2.20. The molecule has 0 saturated carbocycles. The molecule has 7 heteroatoms. The maximum Gasteiger partial charge on any atom is 0.339 e. The van der Waals surface area contributed by atoms with Gasteiger partial charge >= 0.3 is 5.97 Å². The molecule has 1 atom stereocenters. The van der Waals surface area contributed by atoms with Crippen molar-refractivity contribution in [3.05, 3.63) is 53.3 Å². The van der Waals surface area contributed by atoms with Crippen LogP contribution in [0.25, 0.3) is 0 Å². The van der Waals surface area contributed by atoms with Crippen LogP contribution in [-0.4, -0.2) is 51.3 Å². The second-order valence-electron chi connectivity index (χ2n) is 6.96. The van der Waals surface area contributed by atoms with Crippen molar-refractivity contribution in [1.82, 2.24) is 20.0 Å². The molecule has 0 radical (unpaired) electrons. The first-order valence-electron chi connectivity index (χ1n) is 9.39. The van der Waals surface area contributed by atoms with Gasteiger partial charge < -0.3 is 15.3 Å². The average molecular weight is 370 g/mol. The average Bonchev–Trinajstić information content (AvgIpc) is 3.08. The molecule has 7 nitrogen and oxygen atoms in total. The van der Waals surface area contributed by atoms with Crippen LogP contribution in [0.15, 0.2) is 36.5 Å². The molecule has 1 fully saturated rings. The van der Waals surface area contributed by atoms with Gasteiger partial charge in [-0.25, -0.2) is 4.79 Å². The minimum atomic E-state index is -1.15. The number of rotatable bonds is 7. The van der Waals surface area contributed by atoms with Crippen LogP contribution in [0.2, 0.25) is 0 Å². The highest BCUT2D eigenvalue weighted by atomic mass is 16.4. The van der Waals surface area contributed by atoms with Crippen LogP contribution >= 0.6 is 0 Å². The Morgan fingerprint density at radius 1 is 1.19 bits per heavy atom. The van der Waals surface area contributed by atoms with Gasteiger partial charge in [0.2, 0.25) is 0 Å². The van der Waals surface area contributed by atoms with Crippen LogP contribution in [0.4, 0.5) is 0 Å². The minimum absolute atomic E-state index is 0.0707. The van der Waals surface area contributed by atoms with Gasteiger partial charge in [0.05, 0.1) is 12.2 Å². The molecule has 0 unspecified atom stereocenters. The third-order valence-electron chi connectivity index (χ3n) is 5.07. The maximum absolute atomic E-state index is 12.8. The number of piperidine rings is 1. The van der Waals surface area contributed by atoms with Crippen LogP contribution in [0, 0.1) is 0 Å². The Morgan fingerprint density at radius 3 is 2.56 bits per heavy atom. The fourth-order valence-electron chi connectivity index (χ4n) is 3.59. The topological polar surface area (TPSA) is 87.5 Å². The molecule has 2 aromatic rings.